The first-order valence-electron chi connectivity index (χ1n) is 7.31. The summed E-state index contributed by atoms with van der Waals surface area (Å²) in [4.78, 5) is 0. The van der Waals surface area contributed by atoms with Gasteiger partial charge in [-0.3, -0.25) is 0 Å². The van der Waals surface area contributed by atoms with Crippen molar-refractivity contribution in [2.75, 3.05) is 6.54 Å². The average Bonchev–Trinajstić information content (AvgIpc) is 3.19. The maximum Gasteiger partial charge on any atom is 0.139 e. The molecule has 1 aromatic rings. The summed E-state index contributed by atoms with van der Waals surface area (Å²) in [5.41, 5.74) is 8.49. The van der Waals surface area contributed by atoms with Crippen LogP contribution in [-0.4, -0.2) is 17.6 Å². The SMILES string of the molecule is CC(C)c1ccc(CNCC2(CC(N)=NO)CC2)cc1. The van der Waals surface area contributed by atoms with Gasteiger partial charge in [0.25, 0.3) is 0 Å². The van der Waals surface area contributed by atoms with E-state index in [2.05, 4.69) is 48.6 Å². The standard InChI is InChI=1S/C16H25N3O/c1-12(2)14-5-3-13(4-6-14)10-18-11-16(7-8-16)9-15(17)19-20/h3-6,12,18,20H,7-11H2,1-2H3,(H2,17,19). The molecule has 0 aliphatic heterocycles. The van der Waals surface area contributed by atoms with Gasteiger partial charge in [0, 0.05) is 19.5 Å². The Morgan fingerprint density at radius 3 is 2.50 bits per heavy atom. The lowest BCUT2D eigenvalue weighted by Gasteiger charge is -2.15. The third-order valence-corrected chi connectivity index (χ3v) is 4.12. The highest BCUT2D eigenvalue weighted by Crippen LogP contribution is 2.48. The van der Waals surface area contributed by atoms with Crippen molar-refractivity contribution in [3.05, 3.63) is 35.4 Å². The molecule has 20 heavy (non-hydrogen) atoms. The van der Waals surface area contributed by atoms with Gasteiger partial charge < -0.3 is 16.3 Å². The zero-order valence-electron chi connectivity index (χ0n) is 12.4. The minimum Gasteiger partial charge on any atom is -0.409 e. The van der Waals surface area contributed by atoms with Crippen LogP contribution in [-0.2, 0) is 6.54 Å². The lowest BCUT2D eigenvalue weighted by Crippen LogP contribution is -2.28. The predicted octanol–water partition coefficient (Wildman–Crippen LogP) is 2.82. The third-order valence-electron chi connectivity index (χ3n) is 4.12. The van der Waals surface area contributed by atoms with Gasteiger partial charge >= 0.3 is 0 Å². The molecule has 4 N–H and O–H groups in total. The van der Waals surface area contributed by atoms with E-state index in [0.717, 1.165) is 25.9 Å². The summed E-state index contributed by atoms with van der Waals surface area (Å²) in [6.07, 6.45) is 2.99. The number of hydrogen-bond acceptors (Lipinski definition) is 3. The van der Waals surface area contributed by atoms with Crippen molar-refractivity contribution in [3.8, 4) is 0 Å². The maximum atomic E-state index is 8.64. The molecule has 1 aliphatic rings. The largest absolute Gasteiger partial charge is 0.409 e. The van der Waals surface area contributed by atoms with E-state index in [1.54, 1.807) is 0 Å². The van der Waals surface area contributed by atoms with Crippen LogP contribution in [0.3, 0.4) is 0 Å². The van der Waals surface area contributed by atoms with Crippen LogP contribution >= 0.6 is 0 Å². The molecule has 0 amide bonds. The van der Waals surface area contributed by atoms with E-state index in [-0.39, 0.29) is 5.41 Å². The minimum absolute atomic E-state index is 0.216. The van der Waals surface area contributed by atoms with E-state index in [1.807, 2.05) is 0 Å². The molecule has 110 valence electrons. The number of rotatable bonds is 7. The molecule has 1 aromatic carbocycles. The first-order valence-corrected chi connectivity index (χ1v) is 7.31. The third kappa shape index (κ3) is 3.97. The van der Waals surface area contributed by atoms with Crippen LogP contribution in [0.25, 0.3) is 0 Å². The van der Waals surface area contributed by atoms with E-state index in [0.29, 0.717) is 18.2 Å². The predicted molar refractivity (Wildman–Crippen MR) is 81.9 cm³/mol. The lowest BCUT2D eigenvalue weighted by atomic mass is 10.0. The molecule has 0 unspecified atom stereocenters. The topological polar surface area (TPSA) is 70.6 Å². The Kier molecular flexibility index (Phi) is 4.65. The Labute approximate surface area is 121 Å². The first-order chi connectivity index (χ1) is 9.54. The lowest BCUT2D eigenvalue weighted by molar-refractivity contribution is 0.314. The zero-order valence-corrected chi connectivity index (χ0v) is 12.4. The summed E-state index contributed by atoms with van der Waals surface area (Å²) in [5, 5.41) is 15.2. The molecule has 4 heteroatoms. The van der Waals surface area contributed by atoms with Gasteiger partial charge in [-0.15, -0.1) is 0 Å². The quantitative estimate of drug-likeness (QED) is 0.310. The highest BCUT2D eigenvalue weighted by molar-refractivity contribution is 5.80. The van der Waals surface area contributed by atoms with E-state index in [4.69, 9.17) is 10.9 Å². The van der Waals surface area contributed by atoms with Gasteiger partial charge in [0.2, 0.25) is 0 Å². The van der Waals surface area contributed by atoms with Crippen LogP contribution in [0.15, 0.2) is 29.4 Å². The van der Waals surface area contributed by atoms with Gasteiger partial charge in [0.1, 0.15) is 5.84 Å². The fourth-order valence-electron chi connectivity index (χ4n) is 2.50. The molecule has 0 spiro atoms. The van der Waals surface area contributed by atoms with Gasteiger partial charge in [-0.2, -0.15) is 0 Å². The number of nitrogens with two attached hydrogens (primary N) is 1. The molecule has 0 saturated heterocycles. The second-order valence-electron chi connectivity index (χ2n) is 6.27. The van der Waals surface area contributed by atoms with Gasteiger partial charge in [-0.05, 0) is 35.3 Å². The summed E-state index contributed by atoms with van der Waals surface area (Å²) < 4.78 is 0. The fourth-order valence-corrected chi connectivity index (χ4v) is 2.50. The van der Waals surface area contributed by atoms with E-state index >= 15 is 0 Å². The molecular formula is C16H25N3O. The van der Waals surface area contributed by atoms with Crippen LogP contribution in [0.4, 0.5) is 0 Å². The Morgan fingerprint density at radius 1 is 1.35 bits per heavy atom. The summed E-state index contributed by atoms with van der Waals surface area (Å²) in [6.45, 7) is 6.21. The Bertz CT molecular complexity index is 461. The highest BCUT2D eigenvalue weighted by atomic mass is 16.4. The van der Waals surface area contributed by atoms with Gasteiger partial charge in [-0.25, -0.2) is 0 Å². The molecule has 4 nitrogen and oxygen atoms in total. The molecule has 0 aromatic heterocycles. The Balaban J connectivity index is 1.78. The van der Waals surface area contributed by atoms with Gasteiger partial charge in [0.15, 0.2) is 0 Å². The molecule has 0 radical (unpaired) electrons. The molecule has 1 aliphatic carbocycles. The molecule has 0 bridgehead atoms. The Morgan fingerprint density at radius 2 is 2.00 bits per heavy atom. The van der Waals surface area contributed by atoms with Gasteiger partial charge in [0.05, 0.1) is 0 Å². The molecule has 1 saturated carbocycles. The Hall–Kier alpha value is -1.55. The summed E-state index contributed by atoms with van der Waals surface area (Å²) in [7, 11) is 0. The van der Waals surface area contributed by atoms with Crippen molar-refractivity contribution < 1.29 is 5.21 Å². The summed E-state index contributed by atoms with van der Waals surface area (Å²) in [5.74, 6) is 0.915. The van der Waals surface area contributed by atoms with Crippen LogP contribution in [0.2, 0.25) is 0 Å². The van der Waals surface area contributed by atoms with Crippen molar-refractivity contribution in [1.82, 2.24) is 5.32 Å². The molecule has 2 rings (SSSR count). The van der Waals surface area contributed by atoms with Crippen molar-refractivity contribution in [3.63, 3.8) is 0 Å². The zero-order chi connectivity index (χ0) is 14.6. The van der Waals surface area contributed by atoms with Crippen molar-refractivity contribution >= 4 is 5.84 Å². The smallest absolute Gasteiger partial charge is 0.139 e. The summed E-state index contributed by atoms with van der Waals surface area (Å²) in [6, 6.07) is 8.77. The first kappa shape index (κ1) is 14.9. The van der Waals surface area contributed by atoms with Crippen molar-refractivity contribution in [2.24, 2.45) is 16.3 Å². The number of nitrogens with one attached hydrogen (secondary N) is 1. The number of hydrogen-bond donors (Lipinski definition) is 3. The molecular weight excluding hydrogens is 250 g/mol. The van der Waals surface area contributed by atoms with Crippen LogP contribution in [0.5, 0.6) is 0 Å². The van der Waals surface area contributed by atoms with E-state index in [1.165, 1.54) is 11.1 Å². The average molecular weight is 275 g/mol. The highest BCUT2D eigenvalue weighted by Gasteiger charge is 2.42. The minimum atomic E-state index is 0.216. The second-order valence-corrected chi connectivity index (χ2v) is 6.27. The van der Waals surface area contributed by atoms with Gasteiger partial charge in [-0.1, -0.05) is 43.3 Å². The van der Waals surface area contributed by atoms with Crippen molar-refractivity contribution in [2.45, 2.75) is 45.6 Å². The normalized spacial score (nSPS) is 17.4. The van der Waals surface area contributed by atoms with Crippen LogP contribution in [0, 0.1) is 5.41 Å². The maximum absolute atomic E-state index is 8.64. The number of oxime groups is 1. The molecule has 0 atom stereocenters. The van der Waals surface area contributed by atoms with Crippen molar-refractivity contribution in [1.29, 1.82) is 0 Å². The van der Waals surface area contributed by atoms with E-state index in [9.17, 15) is 0 Å². The van der Waals surface area contributed by atoms with Crippen LogP contribution in [0.1, 0.15) is 50.2 Å². The van der Waals surface area contributed by atoms with E-state index < -0.39 is 0 Å². The summed E-state index contributed by atoms with van der Waals surface area (Å²) >= 11 is 0. The molecule has 1 fully saturated rings. The second kappa shape index (κ2) is 6.27. The molecule has 0 heterocycles. The monoisotopic (exact) mass is 275 g/mol. The number of benzene rings is 1. The number of nitrogens with zero attached hydrogens (tertiary/aromatic N) is 1. The fraction of sp³-hybridized carbons (Fsp3) is 0.562. The van der Waals surface area contributed by atoms with Crippen LogP contribution < -0.4 is 11.1 Å². The number of amidine groups is 1.